The Bertz CT molecular complexity index is 141. The summed E-state index contributed by atoms with van der Waals surface area (Å²) in [5.74, 6) is -2.46. The van der Waals surface area contributed by atoms with Crippen LogP contribution < -0.4 is 0 Å². The van der Waals surface area contributed by atoms with E-state index in [1.54, 1.807) is 0 Å². The Morgan fingerprint density at radius 2 is 1.73 bits per heavy atom. The van der Waals surface area contributed by atoms with Crippen LogP contribution in [-0.4, -0.2) is 17.6 Å². The highest BCUT2D eigenvalue weighted by Crippen LogP contribution is 2.40. The van der Waals surface area contributed by atoms with Gasteiger partial charge in [-0.05, 0) is 20.8 Å². The molecule has 0 radical (unpaired) electrons. The molecule has 0 aromatic rings. The van der Waals surface area contributed by atoms with Crippen molar-refractivity contribution in [1.82, 2.24) is 0 Å². The molecule has 1 saturated carbocycles. The van der Waals surface area contributed by atoms with Crippen molar-refractivity contribution in [1.29, 1.82) is 0 Å². The highest BCUT2D eigenvalue weighted by molar-refractivity contribution is 4.88. The molecule has 0 saturated heterocycles. The maximum absolute atomic E-state index is 12.3. The van der Waals surface area contributed by atoms with Gasteiger partial charge in [0, 0.05) is 12.8 Å². The third-order valence-electron chi connectivity index (χ3n) is 1.57. The normalized spacial score (nSPS) is 24.8. The van der Waals surface area contributed by atoms with Gasteiger partial charge in [-0.25, -0.2) is 8.78 Å². The quantitative estimate of drug-likeness (QED) is 0.578. The first-order valence-electron chi connectivity index (χ1n) is 3.84. The lowest BCUT2D eigenvalue weighted by Gasteiger charge is -2.38. The van der Waals surface area contributed by atoms with Gasteiger partial charge in [0.1, 0.15) is 0 Å². The molecule has 0 heterocycles. The first kappa shape index (κ1) is 8.91. The Labute approximate surface area is 65.7 Å². The highest BCUT2D eigenvalue weighted by atomic mass is 19.3. The van der Waals surface area contributed by atoms with Crippen LogP contribution in [-0.2, 0) is 4.74 Å². The Balaban J connectivity index is 2.24. The van der Waals surface area contributed by atoms with Crippen LogP contribution in [0.2, 0.25) is 0 Å². The Kier molecular flexibility index (Phi) is 1.95. The molecule has 0 amide bonds. The molecule has 3 heteroatoms. The van der Waals surface area contributed by atoms with Gasteiger partial charge in [-0.1, -0.05) is 0 Å². The topological polar surface area (TPSA) is 9.23 Å². The molecule has 1 rings (SSSR count). The fraction of sp³-hybridized carbons (Fsp3) is 1.00. The summed E-state index contributed by atoms with van der Waals surface area (Å²) < 4.78 is 29.9. The van der Waals surface area contributed by atoms with Gasteiger partial charge in [-0.15, -0.1) is 0 Å². The molecule has 0 aromatic carbocycles. The van der Waals surface area contributed by atoms with Crippen LogP contribution in [0.25, 0.3) is 0 Å². The summed E-state index contributed by atoms with van der Waals surface area (Å²) in [7, 11) is 0. The van der Waals surface area contributed by atoms with Crippen LogP contribution in [0.5, 0.6) is 0 Å². The minimum Gasteiger partial charge on any atom is -0.372 e. The Morgan fingerprint density at radius 1 is 1.27 bits per heavy atom. The Morgan fingerprint density at radius 3 is 2.00 bits per heavy atom. The number of alkyl halides is 2. The minimum absolute atomic E-state index is 0.107. The lowest BCUT2D eigenvalue weighted by molar-refractivity contribution is -0.197. The van der Waals surface area contributed by atoms with Crippen LogP contribution in [0, 0.1) is 0 Å². The molecule has 1 fully saturated rings. The number of rotatable bonds is 1. The van der Waals surface area contributed by atoms with E-state index in [4.69, 9.17) is 4.74 Å². The average Bonchev–Trinajstić information content (AvgIpc) is 1.53. The van der Waals surface area contributed by atoms with Crippen LogP contribution in [0.3, 0.4) is 0 Å². The predicted molar refractivity (Wildman–Crippen MR) is 38.8 cm³/mol. The molecular weight excluding hydrogens is 150 g/mol. The van der Waals surface area contributed by atoms with Gasteiger partial charge in [0.2, 0.25) is 0 Å². The van der Waals surface area contributed by atoms with Crippen molar-refractivity contribution in [3.8, 4) is 0 Å². The lowest BCUT2D eigenvalue weighted by atomic mass is 9.90. The van der Waals surface area contributed by atoms with Crippen molar-refractivity contribution in [3.05, 3.63) is 0 Å². The monoisotopic (exact) mass is 164 g/mol. The van der Waals surface area contributed by atoms with Gasteiger partial charge in [0.05, 0.1) is 11.7 Å². The van der Waals surface area contributed by atoms with Gasteiger partial charge in [0.15, 0.2) is 0 Å². The van der Waals surface area contributed by atoms with Crippen LogP contribution in [0.4, 0.5) is 8.78 Å². The second kappa shape index (κ2) is 2.41. The molecule has 1 aliphatic carbocycles. The number of hydrogen-bond acceptors (Lipinski definition) is 1. The van der Waals surface area contributed by atoms with Crippen molar-refractivity contribution in [2.45, 2.75) is 51.2 Å². The zero-order valence-electron chi connectivity index (χ0n) is 7.16. The summed E-state index contributed by atoms with van der Waals surface area (Å²) in [6.45, 7) is 5.64. The van der Waals surface area contributed by atoms with Crippen molar-refractivity contribution < 1.29 is 13.5 Å². The predicted octanol–water partition coefficient (Wildman–Crippen LogP) is 2.60. The zero-order valence-corrected chi connectivity index (χ0v) is 7.16. The molecular formula is C8H14F2O. The van der Waals surface area contributed by atoms with Crippen LogP contribution >= 0.6 is 0 Å². The largest absolute Gasteiger partial charge is 0.372 e. The molecule has 0 unspecified atom stereocenters. The Hall–Kier alpha value is -0.180. The summed E-state index contributed by atoms with van der Waals surface area (Å²) in [6.07, 6.45) is -0.445. The fourth-order valence-electron chi connectivity index (χ4n) is 1.19. The third-order valence-corrected chi connectivity index (χ3v) is 1.57. The molecule has 0 spiro atoms. The second-order valence-corrected chi connectivity index (χ2v) is 4.12. The van der Waals surface area contributed by atoms with Crippen molar-refractivity contribution in [2.75, 3.05) is 0 Å². The van der Waals surface area contributed by atoms with Gasteiger partial charge >= 0.3 is 0 Å². The molecule has 0 N–H and O–H groups in total. The maximum Gasteiger partial charge on any atom is 0.253 e. The molecule has 0 aromatic heterocycles. The van der Waals surface area contributed by atoms with Crippen molar-refractivity contribution >= 4 is 0 Å². The van der Waals surface area contributed by atoms with Crippen LogP contribution in [0.1, 0.15) is 33.6 Å². The summed E-state index contributed by atoms with van der Waals surface area (Å²) in [4.78, 5) is 0. The highest BCUT2D eigenvalue weighted by Gasteiger charge is 2.47. The van der Waals surface area contributed by atoms with E-state index in [0.29, 0.717) is 0 Å². The lowest BCUT2D eigenvalue weighted by Crippen LogP contribution is -2.44. The van der Waals surface area contributed by atoms with Crippen molar-refractivity contribution in [3.63, 3.8) is 0 Å². The van der Waals surface area contributed by atoms with Crippen molar-refractivity contribution in [2.24, 2.45) is 0 Å². The first-order chi connectivity index (χ1) is 4.79. The number of ether oxygens (including phenoxy) is 1. The molecule has 0 aliphatic heterocycles. The first-order valence-corrected chi connectivity index (χ1v) is 3.84. The minimum atomic E-state index is -2.46. The maximum atomic E-state index is 12.3. The smallest absolute Gasteiger partial charge is 0.253 e. The third kappa shape index (κ3) is 2.73. The molecule has 0 atom stereocenters. The summed E-state index contributed by atoms with van der Waals surface area (Å²) in [5.41, 5.74) is -0.291. The van der Waals surface area contributed by atoms with E-state index < -0.39 is 5.92 Å². The zero-order chi connectivity index (χ0) is 8.70. The van der Waals surface area contributed by atoms with E-state index in [0.717, 1.165) is 0 Å². The van der Waals surface area contributed by atoms with Gasteiger partial charge in [0.25, 0.3) is 5.92 Å². The second-order valence-electron chi connectivity index (χ2n) is 4.12. The molecule has 66 valence electrons. The van der Waals surface area contributed by atoms with E-state index in [9.17, 15) is 8.78 Å². The van der Waals surface area contributed by atoms with E-state index in [-0.39, 0.29) is 24.5 Å². The van der Waals surface area contributed by atoms with E-state index in [2.05, 4.69) is 0 Å². The van der Waals surface area contributed by atoms with Gasteiger partial charge in [-0.3, -0.25) is 0 Å². The number of hydrogen-bond donors (Lipinski definition) is 0. The number of halogens is 2. The van der Waals surface area contributed by atoms with E-state index in [1.807, 2.05) is 20.8 Å². The molecule has 1 nitrogen and oxygen atoms in total. The average molecular weight is 164 g/mol. The van der Waals surface area contributed by atoms with Crippen LogP contribution in [0.15, 0.2) is 0 Å². The fourth-order valence-corrected chi connectivity index (χ4v) is 1.19. The molecule has 11 heavy (non-hydrogen) atoms. The summed E-state index contributed by atoms with van der Waals surface area (Å²) >= 11 is 0. The standard InChI is InChI=1S/C8H14F2O/c1-7(2,3)11-6-4-8(9,10)5-6/h6H,4-5H2,1-3H3. The molecule has 1 aliphatic rings. The summed E-state index contributed by atoms with van der Waals surface area (Å²) in [6, 6.07) is 0. The van der Waals surface area contributed by atoms with Gasteiger partial charge in [-0.2, -0.15) is 0 Å². The molecule has 0 bridgehead atoms. The van der Waals surface area contributed by atoms with E-state index >= 15 is 0 Å². The van der Waals surface area contributed by atoms with Gasteiger partial charge < -0.3 is 4.74 Å². The SMILES string of the molecule is CC(C)(C)OC1CC(F)(F)C1. The summed E-state index contributed by atoms with van der Waals surface area (Å²) in [5, 5.41) is 0. The van der Waals surface area contributed by atoms with E-state index in [1.165, 1.54) is 0 Å².